The zero-order valence-electron chi connectivity index (χ0n) is 4.64. The third-order valence-corrected chi connectivity index (χ3v) is 1.31. The molecule has 0 unspecified atom stereocenters. The number of alkyl halides is 1. The number of hydrogen-bond acceptors (Lipinski definition) is 2. The number of halogens is 1. The van der Waals surface area contributed by atoms with E-state index >= 15 is 0 Å². The number of ether oxygens (including phenoxy) is 1. The Morgan fingerprint density at radius 3 is 2.75 bits per heavy atom. The number of hydrogen-bond donors (Lipinski definition) is 1. The van der Waals surface area contributed by atoms with Crippen LogP contribution >= 0.6 is 0 Å². The van der Waals surface area contributed by atoms with Gasteiger partial charge in [-0.15, -0.1) is 0 Å². The Morgan fingerprint density at radius 1 is 1.62 bits per heavy atom. The maximum absolute atomic E-state index is 12.4. The van der Waals surface area contributed by atoms with Crippen molar-refractivity contribution in [2.24, 2.45) is 5.73 Å². The smallest absolute Gasteiger partial charge is 0.120 e. The highest BCUT2D eigenvalue weighted by Gasteiger charge is 2.20. The van der Waals surface area contributed by atoms with Crippen LogP contribution in [0, 0.1) is 0 Å². The first-order valence-electron chi connectivity index (χ1n) is 2.78. The molecule has 1 aliphatic rings. The summed E-state index contributed by atoms with van der Waals surface area (Å²) in [5.41, 5.74) is 5.28. The van der Waals surface area contributed by atoms with Crippen LogP contribution in [-0.2, 0) is 4.74 Å². The van der Waals surface area contributed by atoms with Gasteiger partial charge in [0.15, 0.2) is 0 Å². The largest absolute Gasteiger partial charge is 0.380 e. The summed E-state index contributed by atoms with van der Waals surface area (Å²) in [4.78, 5) is 0. The molecule has 0 spiro atoms. The molecule has 48 valence electrons. The van der Waals surface area contributed by atoms with Gasteiger partial charge in [0.25, 0.3) is 0 Å². The van der Waals surface area contributed by atoms with E-state index in [4.69, 9.17) is 10.5 Å². The van der Waals surface area contributed by atoms with Gasteiger partial charge in [-0.05, 0) is 0 Å². The minimum absolute atomic E-state index is 0.376. The average molecular weight is 119 g/mol. The fourth-order valence-corrected chi connectivity index (χ4v) is 0.734. The number of rotatable bonds is 0. The SMILES string of the molecule is N[C@H]1COCC[C@H]1F. The van der Waals surface area contributed by atoms with Crippen molar-refractivity contribution in [2.45, 2.75) is 18.6 Å². The van der Waals surface area contributed by atoms with Gasteiger partial charge < -0.3 is 10.5 Å². The van der Waals surface area contributed by atoms with Crippen LogP contribution in [0.1, 0.15) is 6.42 Å². The molecular formula is C5H10FNO. The molecule has 0 aromatic rings. The minimum atomic E-state index is -0.844. The summed E-state index contributed by atoms with van der Waals surface area (Å²) >= 11 is 0. The Bertz CT molecular complexity index is 68.8. The Balaban J connectivity index is 2.28. The van der Waals surface area contributed by atoms with E-state index in [-0.39, 0.29) is 6.04 Å². The fourth-order valence-electron chi connectivity index (χ4n) is 0.734. The molecule has 1 rings (SSSR count). The topological polar surface area (TPSA) is 35.2 Å². The van der Waals surface area contributed by atoms with Crippen LogP contribution in [0.5, 0.6) is 0 Å². The van der Waals surface area contributed by atoms with Gasteiger partial charge in [-0.25, -0.2) is 4.39 Å². The van der Waals surface area contributed by atoms with Gasteiger partial charge in [-0.2, -0.15) is 0 Å². The first-order chi connectivity index (χ1) is 3.80. The lowest BCUT2D eigenvalue weighted by molar-refractivity contribution is 0.0341. The Labute approximate surface area is 47.8 Å². The molecule has 0 amide bonds. The molecule has 0 bridgehead atoms. The third kappa shape index (κ3) is 1.17. The molecule has 1 saturated heterocycles. The van der Waals surface area contributed by atoms with E-state index in [0.717, 1.165) is 0 Å². The summed E-state index contributed by atoms with van der Waals surface area (Å²) in [7, 11) is 0. The lowest BCUT2D eigenvalue weighted by atomic mass is 10.1. The molecule has 0 saturated carbocycles. The minimum Gasteiger partial charge on any atom is -0.380 e. The van der Waals surface area contributed by atoms with Gasteiger partial charge >= 0.3 is 0 Å². The van der Waals surface area contributed by atoms with E-state index in [1.54, 1.807) is 0 Å². The van der Waals surface area contributed by atoms with Gasteiger partial charge in [0.1, 0.15) is 6.17 Å². The van der Waals surface area contributed by atoms with Gasteiger partial charge in [0, 0.05) is 13.0 Å². The molecule has 1 aliphatic heterocycles. The normalized spacial score (nSPS) is 39.8. The van der Waals surface area contributed by atoms with Crippen molar-refractivity contribution in [3.8, 4) is 0 Å². The van der Waals surface area contributed by atoms with Crippen molar-refractivity contribution in [1.82, 2.24) is 0 Å². The lowest BCUT2D eigenvalue weighted by Gasteiger charge is -2.21. The van der Waals surface area contributed by atoms with Crippen molar-refractivity contribution in [3.63, 3.8) is 0 Å². The lowest BCUT2D eigenvalue weighted by Crippen LogP contribution is -2.40. The average Bonchev–Trinajstić information content (AvgIpc) is 1.77. The van der Waals surface area contributed by atoms with E-state index in [2.05, 4.69) is 0 Å². The number of nitrogens with two attached hydrogens (primary N) is 1. The summed E-state index contributed by atoms with van der Waals surface area (Å²) in [5.74, 6) is 0. The van der Waals surface area contributed by atoms with E-state index in [0.29, 0.717) is 19.6 Å². The summed E-state index contributed by atoms with van der Waals surface area (Å²) in [6.45, 7) is 0.899. The maximum atomic E-state index is 12.4. The van der Waals surface area contributed by atoms with Crippen molar-refractivity contribution in [1.29, 1.82) is 0 Å². The summed E-state index contributed by atoms with van der Waals surface area (Å²) in [5, 5.41) is 0. The van der Waals surface area contributed by atoms with E-state index in [1.165, 1.54) is 0 Å². The van der Waals surface area contributed by atoms with Crippen LogP contribution < -0.4 is 5.73 Å². The molecule has 1 fully saturated rings. The highest BCUT2D eigenvalue weighted by Crippen LogP contribution is 2.08. The second-order valence-corrected chi connectivity index (χ2v) is 2.04. The fraction of sp³-hybridized carbons (Fsp3) is 1.00. The molecule has 0 radical (unpaired) electrons. The maximum Gasteiger partial charge on any atom is 0.120 e. The van der Waals surface area contributed by atoms with Crippen molar-refractivity contribution in [3.05, 3.63) is 0 Å². The molecular weight excluding hydrogens is 109 g/mol. The molecule has 0 aromatic carbocycles. The first kappa shape index (κ1) is 5.98. The van der Waals surface area contributed by atoms with Crippen LogP contribution in [0.2, 0.25) is 0 Å². The summed E-state index contributed by atoms with van der Waals surface area (Å²) in [6.07, 6.45) is -0.384. The van der Waals surface area contributed by atoms with E-state index < -0.39 is 6.17 Å². The van der Waals surface area contributed by atoms with Gasteiger partial charge in [-0.1, -0.05) is 0 Å². The van der Waals surface area contributed by atoms with Crippen molar-refractivity contribution < 1.29 is 9.13 Å². The standard InChI is InChI=1S/C5H10FNO/c6-4-1-2-8-3-5(4)7/h4-5H,1-3,7H2/t4-,5+/m1/s1. The van der Waals surface area contributed by atoms with Gasteiger partial charge in [0.2, 0.25) is 0 Å². The zero-order chi connectivity index (χ0) is 5.98. The van der Waals surface area contributed by atoms with Gasteiger partial charge in [0.05, 0.1) is 12.6 Å². The Hall–Kier alpha value is -0.150. The van der Waals surface area contributed by atoms with Crippen LogP contribution in [0.25, 0.3) is 0 Å². The van der Waals surface area contributed by atoms with E-state index in [1.807, 2.05) is 0 Å². The summed E-state index contributed by atoms with van der Waals surface area (Å²) in [6, 6.07) is -0.385. The molecule has 0 aromatic heterocycles. The van der Waals surface area contributed by atoms with Crippen LogP contribution in [-0.4, -0.2) is 25.4 Å². The van der Waals surface area contributed by atoms with Crippen LogP contribution in [0.15, 0.2) is 0 Å². The van der Waals surface area contributed by atoms with Crippen LogP contribution in [0.3, 0.4) is 0 Å². The predicted octanol–water partition coefficient (Wildman–Crippen LogP) is 0.0721. The first-order valence-corrected chi connectivity index (χ1v) is 2.78. The molecule has 8 heavy (non-hydrogen) atoms. The van der Waals surface area contributed by atoms with Crippen LogP contribution in [0.4, 0.5) is 4.39 Å². The summed E-state index contributed by atoms with van der Waals surface area (Å²) < 4.78 is 17.3. The van der Waals surface area contributed by atoms with Gasteiger partial charge in [-0.3, -0.25) is 0 Å². The highest BCUT2D eigenvalue weighted by atomic mass is 19.1. The van der Waals surface area contributed by atoms with E-state index in [9.17, 15) is 4.39 Å². The quantitative estimate of drug-likeness (QED) is 0.490. The molecule has 0 aliphatic carbocycles. The molecule has 2 N–H and O–H groups in total. The Morgan fingerprint density at radius 2 is 2.38 bits per heavy atom. The third-order valence-electron chi connectivity index (χ3n) is 1.31. The molecule has 3 heteroatoms. The molecule has 2 atom stereocenters. The predicted molar refractivity (Wildman–Crippen MR) is 28.3 cm³/mol. The van der Waals surface area contributed by atoms with Crippen molar-refractivity contribution in [2.75, 3.05) is 13.2 Å². The second kappa shape index (κ2) is 2.42. The zero-order valence-corrected chi connectivity index (χ0v) is 4.64. The monoisotopic (exact) mass is 119 g/mol. The van der Waals surface area contributed by atoms with Crippen molar-refractivity contribution >= 4 is 0 Å². The molecule has 2 nitrogen and oxygen atoms in total. The highest BCUT2D eigenvalue weighted by molar-refractivity contribution is 4.74. The second-order valence-electron chi connectivity index (χ2n) is 2.04. The molecule has 1 heterocycles. The Kier molecular flexibility index (Phi) is 1.81.